The zero-order chi connectivity index (χ0) is 27.4. The maximum atomic E-state index is 13.5. The average molecular weight is 558 g/mol. The number of fused-ring (bicyclic) bond motifs is 1. The van der Waals surface area contributed by atoms with E-state index in [4.69, 9.17) is 0 Å². The minimum Gasteiger partial charge on any atom is -0.373 e. The molecule has 0 spiro atoms. The summed E-state index contributed by atoms with van der Waals surface area (Å²) in [6.45, 7) is 2.81. The van der Waals surface area contributed by atoms with E-state index in [1.807, 2.05) is 10.3 Å². The van der Waals surface area contributed by atoms with Crippen LogP contribution < -0.4 is 31.5 Å². The number of rotatable bonds is 8. The van der Waals surface area contributed by atoms with Crippen LogP contribution in [0.5, 0.6) is 0 Å². The summed E-state index contributed by atoms with van der Waals surface area (Å²) in [4.78, 5) is 38.8. The van der Waals surface area contributed by atoms with Crippen LogP contribution in [0.15, 0.2) is 35.1 Å². The number of nitrogens with one attached hydrogen (secondary N) is 5. The zero-order valence-electron chi connectivity index (χ0n) is 21.5. The largest absolute Gasteiger partial charge is 0.373 e. The first-order valence-electron chi connectivity index (χ1n) is 12.8. The van der Waals surface area contributed by atoms with Gasteiger partial charge in [0.25, 0.3) is 17.7 Å². The summed E-state index contributed by atoms with van der Waals surface area (Å²) < 4.78 is 27.0. The van der Waals surface area contributed by atoms with Gasteiger partial charge in [-0.1, -0.05) is 5.92 Å². The third-order valence-corrected chi connectivity index (χ3v) is 8.90. The molecule has 14 heteroatoms. The Morgan fingerprint density at radius 3 is 2.59 bits per heavy atom. The van der Waals surface area contributed by atoms with Crippen LogP contribution in [0.25, 0.3) is 0 Å². The van der Waals surface area contributed by atoms with Crippen LogP contribution >= 0.6 is 11.8 Å². The Bertz CT molecular complexity index is 1300. The number of nitrogens with zero attached hydrogens (tertiary/aromatic N) is 4. The van der Waals surface area contributed by atoms with E-state index in [-0.39, 0.29) is 36.8 Å². The fraction of sp³-hybridized carbons (Fsp3) is 0.520. The Labute approximate surface area is 228 Å². The first kappa shape index (κ1) is 25.5. The van der Waals surface area contributed by atoms with Crippen molar-refractivity contribution in [3.63, 3.8) is 0 Å². The van der Waals surface area contributed by atoms with Crippen LogP contribution in [0.1, 0.15) is 30.7 Å². The third-order valence-electron chi connectivity index (χ3n) is 7.86. The van der Waals surface area contributed by atoms with Crippen LogP contribution in [0, 0.1) is 23.7 Å². The van der Waals surface area contributed by atoms with Crippen molar-refractivity contribution in [2.24, 2.45) is 11.8 Å². The molecule has 1 aromatic heterocycles. The van der Waals surface area contributed by atoms with Crippen LogP contribution in [0.2, 0.25) is 0 Å². The van der Waals surface area contributed by atoms with Crippen molar-refractivity contribution in [3.8, 4) is 11.8 Å². The van der Waals surface area contributed by atoms with E-state index in [0.717, 1.165) is 5.56 Å². The van der Waals surface area contributed by atoms with E-state index in [2.05, 4.69) is 48.4 Å². The number of hydrogen-bond acceptors (Lipinski definition) is 10. The van der Waals surface area contributed by atoms with Gasteiger partial charge < -0.3 is 36.4 Å². The molecule has 39 heavy (non-hydrogen) atoms. The molecule has 0 bridgehead atoms. The number of carbonyl (C=O) groups excluding carboxylic acids is 2. The molecule has 1 aromatic rings. The SMILES string of the molecule is CC#CCNC(=O)C1=C(NC)NCN1C1(C(=O)NC2=CSC(c3cnc(N4CC5C(C4)C5(F)F)nc3)N2)CC1. The van der Waals surface area contributed by atoms with Crippen LogP contribution in [0.3, 0.4) is 0 Å². The number of thioether (sulfide) groups is 1. The quantitative estimate of drug-likeness (QED) is 0.286. The summed E-state index contributed by atoms with van der Waals surface area (Å²) in [6.07, 6.45) is 4.60. The van der Waals surface area contributed by atoms with Gasteiger partial charge in [-0.3, -0.25) is 9.59 Å². The first-order chi connectivity index (χ1) is 18.8. The lowest BCUT2D eigenvalue weighted by Gasteiger charge is -2.29. The Balaban J connectivity index is 1.06. The van der Waals surface area contributed by atoms with Gasteiger partial charge in [0.15, 0.2) is 0 Å². The number of anilines is 1. The summed E-state index contributed by atoms with van der Waals surface area (Å²) in [6, 6.07) is 0. The summed E-state index contributed by atoms with van der Waals surface area (Å²) in [5.74, 6) is 2.92. The highest BCUT2D eigenvalue weighted by Gasteiger charge is 2.72. The number of amides is 2. The van der Waals surface area contributed by atoms with Gasteiger partial charge in [0, 0.05) is 43.5 Å². The second kappa shape index (κ2) is 9.48. The normalized spacial score (nSPS) is 27.0. The molecule has 206 valence electrons. The fourth-order valence-corrected chi connectivity index (χ4v) is 6.28. The van der Waals surface area contributed by atoms with Crippen molar-refractivity contribution in [2.45, 2.75) is 36.6 Å². The molecule has 4 heterocycles. The number of halogens is 2. The van der Waals surface area contributed by atoms with Gasteiger partial charge in [-0.05, 0) is 19.8 Å². The lowest BCUT2D eigenvalue weighted by molar-refractivity contribution is -0.127. The van der Waals surface area contributed by atoms with Crippen molar-refractivity contribution in [2.75, 3.05) is 38.3 Å². The summed E-state index contributed by atoms with van der Waals surface area (Å²) in [5, 5.41) is 16.8. The van der Waals surface area contributed by atoms with E-state index in [1.54, 1.807) is 31.3 Å². The van der Waals surface area contributed by atoms with Gasteiger partial charge in [0.2, 0.25) is 5.95 Å². The number of piperidine rings is 1. The predicted octanol–water partition coefficient (Wildman–Crippen LogP) is 0.351. The Morgan fingerprint density at radius 2 is 1.95 bits per heavy atom. The van der Waals surface area contributed by atoms with E-state index in [9.17, 15) is 18.4 Å². The second-order valence-corrected chi connectivity index (χ2v) is 11.1. The molecule has 6 rings (SSSR count). The maximum absolute atomic E-state index is 13.5. The van der Waals surface area contributed by atoms with Crippen molar-refractivity contribution >= 4 is 29.5 Å². The maximum Gasteiger partial charge on any atom is 0.272 e. The number of alkyl halides is 2. The molecule has 3 fully saturated rings. The van der Waals surface area contributed by atoms with Crippen molar-refractivity contribution in [1.29, 1.82) is 0 Å². The van der Waals surface area contributed by atoms with E-state index >= 15 is 0 Å². The molecule has 5 N–H and O–H groups in total. The lowest BCUT2D eigenvalue weighted by Crippen LogP contribution is -2.51. The fourth-order valence-electron chi connectivity index (χ4n) is 5.41. The molecule has 0 radical (unpaired) electrons. The van der Waals surface area contributed by atoms with Gasteiger partial charge in [-0.2, -0.15) is 0 Å². The van der Waals surface area contributed by atoms with Gasteiger partial charge in [0.1, 0.15) is 28.3 Å². The monoisotopic (exact) mass is 557 g/mol. The van der Waals surface area contributed by atoms with Crippen LogP contribution in [-0.2, 0) is 9.59 Å². The predicted molar refractivity (Wildman–Crippen MR) is 140 cm³/mol. The highest BCUT2D eigenvalue weighted by Crippen LogP contribution is 2.59. The van der Waals surface area contributed by atoms with Gasteiger partial charge in [-0.15, -0.1) is 17.7 Å². The van der Waals surface area contributed by atoms with Crippen molar-refractivity contribution in [1.82, 2.24) is 41.5 Å². The zero-order valence-corrected chi connectivity index (χ0v) is 22.3. The molecule has 2 saturated carbocycles. The molecule has 1 saturated heterocycles. The molecule has 0 aromatic carbocycles. The minimum absolute atomic E-state index is 0.198. The van der Waals surface area contributed by atoms with Gasteiger partial charge in [0.05, 0.1) is 25.0 Å². The Hall–Kier alpha value is -3.73. The van der Waals surface area contributed by atoms with Crippen LogP contribution in [0.4, 0.5) is 14.7 Å². The third kappa shape index (κ3) is 4.38. The molecule has 5 aliphatic rings. The molecular formula is C25H29F2N9O2S. The minimum atomic E-state index is -2.54. The lowest BCUT2D eigenvalue weighted by atomic mass is 10.2. The summed E-state index contributed by atoms with van der Waals surface area (Å²) in [7, 11) is 1.72. The topological polar surface area (TPSA) is 127 Å². The standard InChI is InChI=1S/C25H29F2N9O2S/c1-3-4-7-29-20(37)18-19(28-2)32-13-36(18)24(5-6-24)22(38)34-17-12-39-21(33-17)14-8-30-23(31-9-14)35-10-15-16(11-35)25(15,26)27/h8-9,12,15-16,21,28,32-33H,5-7,10-11,13H2,1-2H3,(H,29,37)(H,34,38). The van der Waals surface area contributed by atoms with Crippen molar-refractivity contribution < 1.29 is 18.4 Å². The molecule has 2 aliphatic carbocycles. The first-order valence-corrected chi connectivity index (χ1v) is 13.7. The second-order valence-electron chi connectivity index (χ2n) is 10.1. The number of aromatic nitrogens is 2. The van der Waals surface area contributed by atoms with Crippen LogP contribution in [-0.4, -0.2) is 71.5 Å². The highest BCUT2D eigenvalue weighted by molar-refractivity contribution is 8.02. The molecule has 3 unspecified atom stereocenters. The molecular weight excluding hydrogens is 528 g/mol. The van der Waals surface area contributed by atoms with E-state index in [1.165, 1.54) is 11.8 Å². The van der Waals surface area contributed by atoms with Gasteiger partial charge in [-0.25, -0.2) is 18.7 Å². The molecule has 2 amide bonds. The van der Waals surface area contributed by atoms with E-state index in [0.29, 0.717) is 42.8 Å². The smallest absolute Gasteiger partial charge is 0.272 e. The van der Waals surface area contributed by atoms with Crippen molar-refractivity contribution in [3.05, 3.63) is 40.7 Å². The molecule has 3 atom stereocenters. The Morgan fingerprint density at radius 1 is 1.23 bits per heavy atom. The average Bonchev–Trinajstić information content (AvgIpc) is 3.48. The van der Waals surface area contributed by atoms with E-state index < -0.39 is 23.3 Å². The number of hydrogen-bond donors (Lipinski definition) is 5. The summed E-state index contributed by atoms with van der Waals surface area (Å²) >= 11 is 1.47. The van der Waals surface area contributed by atoms with Gasteiger partial charge >= 0.3 is 0 Å². The summed E-state index contributed by atoms with van der Waals surface area (Å²) in [5.41, 5.74) is 0.359. The molecule has 11 nitrogen and oxygen atoms in total. The Kier molecular flexibility index (Phi) is 6.21. The highest BCUT2D eigenvalue weighted by atomic mass is 32.2. The number of carbonyl (C=O) groups is 2. The molecule has 3 aliphatic heterocycles.